The second-order valence-electron chi connectivity index (χ2n) is 4.60. The average molecular weight is 417 g/mol. The Morgan fingerprint density at radius 2 is 1.63 bits per heavy atom. The Morgan fingerprint density at radius 1 is 0.895 bits per heavy atom. The van der Waals surface area contributed by atoms with Gasteiger partial charge in [-0.3, -0.25) is 0 Å². The van der Waals surface area contributed by atoms with Gasteiger partial charge in [-0.1, -0.05) is 0 Å². The topological polar surface area (TPSA) is 0 Å². The Bertz CT molecular complexity index is 947. The first-order valence-corrected chi connectivity index (χ1v) is 10.0. The van der Waals surface area contributed by atoms with Gasteiger partial charge in [0.2, 0.25) is 0 Å². The van der Waals surface area contributed by atoms with Gasteiger partial charge in [-0.2, -0.15) is 0 Å². The third-order valence-corrected chi connectivity index (χ3v) is 9.79. The number of aryl methyl sites for hydroxylation is 1. The molecule has 0 aliphatic carbocycles. The van der Waals surface area contributed by atoms with Gasteiger partial charge >= 0.3 is 133 Å². The molecule has 0 saturated carbocycles. The second kappa shape index (κ2) is 4.40. The molecule has 0 atom stereocenters. The molecular formula is C15H8Cl2Se2. The third-order valence-electron chi connectivity index (χ3n) is 3.35. The summed E-state index contributed by atoms with van der Waals surface area (Å²) in [5.41, 5.74) is 1.17. The first kappa shape index (κ1) is 12.5. The molecule has 2 aromatic heterocycles. The molecule has 0 amide bonds. The SMILES string of the molecule is Cc1cc2c(cc1Cl)[se]c1[se]c3cc(Cl)ccc3c12. The molecule has 4 heteroatoms. The zero-order chi connectivity index (χ0) is 13.1. The standard InChI is InChI=1S/C15H8Cl2Se2/c1-7-4-10-13(6-11(7)17)19-15-14(10)9-3-2-8(16)5-12(9)18-15/h2-6H,1H3. The van der Waals surface area contributed by atoms with E-state index in [0.29, 0.717) is 29.0 Å². The van der Waals surface area contributed by atoms with Crippen LogP contribution in [0.15, 0.2) is 30.3 Å². The Morgan fingerprint density at radius 3 is 2.42 bits per heavy atom. The van der Waals surface area contributed by atoms with Gasteiger partial charge in [-0.15, -0.1) is 0 Å². The van der Waals surface area contributed by atoms with Crippen molar-refractivity contribution in [2.75, 3.05) is 0 Å². The van der Waals surface area contributed by atoms with Crippen molar-refractivity contribution in [1.82, 2.24) is 0 Å². The number of rotatable bonds is 0. The Kier molecular flexibility index (Phi) is 2.90. The summed E-state index contributed by atoms with van der Waals surface area (Å²) in [5.74, 6) is 0. The first-order chi connectivity index (χ1) is 9.13. The maximum atomic E-state index is 6.25. The van der Waals surface area contributed by atoms with E-state index in [-0.39, 0.29) is 0 Å². The minimum atomic E-state index is 0.438. The molecule has 2 aromatic carbocycles. The molecule has 94 valence electrons. The van der Waals surface area contributed by atoms with Gasteiger partial charge in [0, 0.05) is 0 Å². The van der Waals surface area contributed by atoms with Gasteiger partial charge in [0.1, 0.15) is 0 Å². The van der Waals surface area contributed by atoms with E-state index >= 15 is 0 Å². The van der Waals surface area contributed by atoms with Gasteiger partial charge in [0.25, 0.3) is 0 Å². The molecular weight excluding hydrogens is 409 g/mol. The molecule has 0 saturated heterocycles. The van der Waals surface area contributed by atoms with Crippen molar-refractivity contribution in [2.45, 2.75) is 6.92 Å². The van der Waals surface area contributed by atoms with E-state index in [1.54, 1.807) is 3.13 Å². The van der Waals surface area contributed by atoms with Crippen LogP contribution in [-0.2, 0) is 0 Å². The van der Waals surface area contributed by atoms with Crippen molar-refractivity contribution in [2.24, 2.45) is 0 Å². The van der Waals surface area contributed by atoms with Crippen LogP contribution in [0.5, 0.6) is 0 Å². The van der Waals surface area contributed by atoms with Gasteiger partial charge in [0.15, 0.2) is 0 Å². The molecule has 0 aliphatic heterocycles. The van der Waals surface area contributed by atoms with Crippen molar-refractivity contribution in [1.29, 1.82) is 0 Å². The van der Waals surface area contributed by atoms with E-state index in [0.717, 1.165) is 10.0 Å². The van der Waals surface area contributed by atoms with Gasteiger partial charge in [0.05, 0.1) is 0 Å². The number of halogens is 2. The van der Waals surface area contributed by atoms with E-state index in [2.05, 4.69) is 31.2 Å². The number of hydrogen-bond donors (Lipinski definition) is 0. The van der Waals surface area contributed by atoms with Crippen molar-refractivity contribution in [3.05, 3.63) is 45.9 Å². The van der Waals surface area contributed by atoms with Crippen LogP contribution in [0.3, 0.4) is 0 Å². The van der Waals surface area contributed by atoms with E-state index in [1.807, 2.05) is 6.07 Å². The van der Waals surface area contributed by atoms with Crippen LogP contribution in [0.4, 0.5) is 0 Å². The van der Waals surface area contributed by atoms with E-state index in [9.17, 15) is 0 Å². The molecule has 0 nitrogen and oxygen atoms in total. The zero-order valence-corrected chi connectivity index (χ0v) is 14.9. The molecule has 0 fully saturated rings. The summed E-state index contributed by atoms with van der Waals surface area (Å²) in [7, 11) is 0. The predicted molar refractivity (Wildman–Crippen MR) is 87.6 cm³/mol. The summed E-state index contributed by atoms with van der Waals surface area (Å²) in [4.78, 5) is 0. The molecule has 0 aliphatic rings. The van der Waals surface area contributed by atoms with E-state index in [1.165, 1.54) is 30.2 Å². The molecule has 4 rings (SSSR count). The molecule has 0 spiro atoms. The summed E-state index contributed by atoms with van der Waals surface area (Å²) in [6.07, 6.45) is 0. The minimum absolute atomic E-state index is 0.438. The molecule has 0 radical (unpaired) electrons. The van der Waals surface area contributed by atoms with Crippen molar-refractivity contribution in [3.63, 3.8) is 0 Å². The van der Waals surface area contributed by atoms with Gasteiger partial charge < -0.3 is 0 Å². The molecule has 0 bridgehead atoms. The summed E-state index contributed by atoms with van der Waals surface area (Å²) in [6.45, 7) is 2.08. The molecule has 0 unspecified atom stereocenters. The fraction of sp³-hybridized carbons (Fsp3) is 0.0667. The fourth-order valence-corrected chi connectivity index (χ4v) is 9.65. The van der Waals surface area contributed by atoms with Crippen molar-refractivity contribution < 1.29 is 0 Å². The van der Waals surface area contributed by atoms with Crippen molar-refractivity contribution in [3.8, 4) is 0 Å². The van der Waals surface area contributed by atoms with Crippen LogP contribution < -0.4 is 0 Å². The Hall–Kier alpha value is -0.201. The Balaban J connectivity index is 2.25. The fourth-order valence-electron chi connectivity index (χ4n) is 2.42. The van der Waals surface area contributed by atoms with Crippen LogP contribution in [0.25, 0.3) is 27.8 Å². The maximum absolute atomic E-state index is 6.25. The monoisotopic (exact) mass is 418 g/mol. The average Bonchev–Trinajstić information content (AvgIpc) is 2.85. The molecule has 4 aromatic rings. The van der Waals surface area contributed by atoms with Gasteiger partial charge in [-0.25, -0.2) is 0 Å². The quantitative estimate of drug-likeness (QED) is 0.358. The number of fused-ring (bicyclic) bond motifs is 5. The number of benzene rings is 2. The first-order valence-electron chi connectivity index (χ1n) is 5.84. The van der Waals surface area contributed by atoms with Crippen LogP contribution in [-0.4, -0.2) is 29.0 Å². The second-order valence-corrected chi connectivity index (χ2v) is 11.2. The molecule has 2 heterocycles. The summed E-state index contributed by atoms with van der Waals surface area (Å²) in [6, 6.07) is 10.7. The Labute approximate surface area is 132 Å². The normalized spacial score (nSPS) is 11.9. The molecule has 19 heavy (non-hydrogen) atoms. The van der Waals surface area contributed by atoms with E-state index in [4.69, 9.17) is 23.2 Å². The zero-order valence-electron chi connectivity index (χ0n) is 9.96. The van der Waals surface area contributed by atoms with Crippen LogP contribution in [0.1, 0.15) is 5.56 Å². The van der Waals surface area contributed by atoms with Crippen LogP contribution >= 0.6 is 23.2 Å². The summed E-state index contributed by atoms with van der Waals surface area (Å²) >= 11 is 13.2. The summed E-state index contributed by atoms with van der Waals surface area (Å²) < 4.78 is 4.51. The van der Waals surface area contributed by atoms with E-state index < -0.39 is 0 Å². The van der Waals surface area contributed by atoms with Gasteiger partial charge in [-0.05, 0) is 0 Å². The van der Waals surface area contributed by atoms with Crippen LogP contribution in [0, 0.1) is 6.92 Å². The van der Waals surface area contributed by atoms with Crippen LogP contribution in [0.2, 0.25) is 10.0 Å². The van der Waals surface area contributed by atoms with Crippen molar-refractivity contribution >= 4 is 80.0 Å². The predicted octanol–water partition coefficient (Wildman–Crippen LogP) is 4.88. The number of hydrogen-bond acceptors (Lipinski definition) is 0. The summed E-state index contributed by atoms with van der Waals surface area (Å²) in [5, 5.41) is 6.01. The third kappa shape index (κ3) is 1.87. The molecule has 0 N–H and O–H groups in total.